The molecule has 1 aliphatic rings. The van der Waals surface area contributed by atoms with Crippen LogP contribution in [0.2, 0.25) is 0 Å². The van der Waals surface area contributed by atoms with E-state index in [0.717, 1.165) is 4.47 Å². The predicted molar refractivity (Wildman–Crippen MR) is 55.1 cm³/mol. The van der Waals surface area contributed by atoms with Gasteiger partial charge in [-0.3, -0.25) is 4.79 Å². The third-order valence-corrected chi connectivity index (χ3v) is 2.77. The topological polar surface area (TPSA) is 35.5 Å². The van der Waals surface area contributed by atoms with Crippen LogP contribution >= 0.6 is 15.9 Å². The Morgan fingerprint density at radius 1 is 1.50 bits per heavy atom. The molecule has 1 heterocycles. The molecule has 0 saturated carbocycles. The molecule has 0 aromatic heterocycles. The highest BCUT2D eigenvalue weighted by atomic mass is 79.9. The van der Waals surface area contributed by atoms with E-state index in [2.05, 4.69) is 15.9 Å². The smallest absolute Gasteiger partial charge is 0.206 e. The molecule has 4 heteroatoms. The van der Waals surface area contributed by atoms with Crippen LogP contribution in [0.5, 0.6) is 11.5 Å². The van der Waals surface area contributed by atoms with Crippen LogP contribution in [0.25, 0.3) is 0 Å². The first-order valence-electron chi connectivity index (χ1n) is 4.22. The molecular formula is C10H9BrO3. The van der Waals surface area contributed by atoms with Crippen molar-refractivity contribution in [3.05, 3.63) is 22.2 Å². The van der Waals surface area contributed by atoms with Crippen LogP contribution in [0.4, 0.5) is 0 Å². The maximum atomic E-state index is 11.6. The van der Waals surface area contributed by atoms with Gasteiger partial charge in [0.15, 0.2) is 6.10 Å². The molecular weight excluding hydrogens is 248 g/mol. The molecule has 1 atom stereocenters. The number of ether oxygens (including phenoxy) is 2. The number of benzene rings is 1. The van der Waals surface area contributed by atoms with E-state index in [9.17, 15) is 4.79 Å². The van der Waals surface area contributed by atoms with E-state index in [1.165, 1.54) is 0 Å². The van der Waals surface area contributed by atoms with Crippen molar-refractivity contribution in [1.82, 2.24) is 0 Å². The predicted octanol–water partition coefficient (Wildman–Crippen LogP) is 2.42. The minimum Gasteiger partial charge on any atom is -0.497 e. The van der Waals surface area contributed by atoms with Crippen LogP contribution in [-0.2, 0) is 0 Å². The van der Waals surface area contributed by atoms with Gasteiger partial charge in [-0.15, -0.1) is 0 Å². The van der Waals surface area contributed by atoms with Crippen molar-refractivity contribution in [2.24, 2.45) is 0 Å². The number of hydrogen-bond acceptors (Lipinski definition) is 3. The van der Waals surface area contributed by atoms with Crippen molar-refractivity contribution in [1.29, 1.82) is 0 Å². The summed E-state index contributed by atoms with van der Waals surface area (Å²) in [5.74, 6) is 1.27. The summed E-state index contributed by atoms with van der Waals surface area (Å²) in [7, 11) is 1.57. The zero-order valence-electron chi connectivity index (χ0n) is 7.83. The summed E-state index contributed by atoms with van der Waals surface area (Å²) in [6, 6.07) is 3.48. The van der Waals surface area contributed by atoms with Gasteiger partial charge in [0.25, 0.3) is 0 Å². The molecule has 1 aliphatic heterocycles. The Labute approximate surface area is 90.1 Å². The first-order chi connectivity index (χ1) is 6.63. The summed E-state index contributed by atoms with van der Waals surface area (Å²) in [5, 5.41) is 0. The number of methoxy groups -OCH3 is 1. The van der Waals surface area contributed by atoms with Crippen molar-refractivity contribution < 1.29 is 14.3 Å². The van der Waals surface area contributed by atoms with Gasteiger partial charge in [0.05, 0.1) is 17.1 Å². The normalized spacial score (nSPS) is 19.1. The molecule has 0 radical (unpaired) electrons. The Morgan fingerprint density at radius 3 is 2.86 bits per heavy atom. The average molecular weight is 257 g/mol. The molecule has 1 aromatic carbocycles. The molecule has 74 valence electrons. The van der Waals surface area contributed by atoms with E-state index in [4.69, 9.17) is 9.47 Å². The van der Waals surface area contributed by atoms with Crippen LogP contribution in [0, 0.1) is 0 Å². The summed E-state index contributed by atoms with van der Waals surface area (Å²) >= 11 is 3.34. The number of carbonyl (C=O) groups excluding carboxylic acids is 1. The first-order valence-corrected chi connectivity index (χ1v) is 5.01. The Hall–Kier alpha value is -1.03. The van der Waals surface area contributed by atoms with Gasteiger partial charge in [-0.05, 0) is 35.0 Å². The van der Waals surface area contributed by atoms with Gasteiger partial charge >= 0.3 is 0 Å². The van der Waals surface area contributed by atoms with Gasteiger partial charge in [-0.1, -0.05) is 0 Å². The fourth-order valence-corrected chi connectivity index (χ4v) is 1.97. The van der Waals surface area contributed by atoms with Crippen molar-refractivity contribution >= 4 is 21.7 Å². The van der Waals surface area contributed by atoms with Gasteiger partial charge in [0, 0.05) is 0 Å². The molecule has 0 spiro atoms. The van der Waals surface area contributed by atoms with Gasteiger partial charge in [0.1, 0.15) is 11.5 Å². The van der Waals surface area contributed by atoms with Crippen molar-refractivity contribution in [3.8, 4) is 11.5 Å². The molecule has 2 rings (SSSR count). The number of Topliss-reactive ketones (excluding diaryl/α,β-unsaturated/α-hetero) is 1. The monoisotopic (exact) mass is 256 g/mol. The molecule has 0 fully saturated rings. The second kappa shape index (κ2) is 3.28. The maximum Gasteiger partial charge on any atom is 0.206 e. The van der Waals surface area contributed by atoms with E-state index < -0.39 is 6.10 Å². The third kappa shape index (κ3) is 1.30. The van der Waals surface area contributed by atoms with E-state index in [0.29, 0.717) is 17.1 Å². The minimum atomic E-state index is -0.395. The molecule has 0 aliphatic carbocycles. The van der Waals surface area contributed by atoms with Gasteiger partial charge in [-0.2, -0.15) is 0 Å². The van der Waals surface area contributed by atoms with E-state index in [1.807, 2.05) is 0 Å². The molecule has 0 N–H and O–H groups in total. The van der Waals surface area contributed by atoms with Crippen LogP contribution in [-0.4, -0.2) is 19.0 Å². The fourth-order valence-electron chi connectivity index (χ4n) is 1.44. The Bertz CT molecular complexity index is 401. The lowest BCUT2D eigenvalue weighted by molar-refractivity contribution is 0.0878. The van der Waals surface area contributed by atoms with Crippen LogP contribution in [0.1, 0.15) is 17.3 Å². The lowest BCUT2D eigenvalue weighted by Crippen LogP contribution is -2.14. The van der Waals surface area contributed by atoms with Crippen molar-refractivity contribution in [2.75, 3.05) is 7.11 Å². The molecule has 0 bridgehead atoms. The SMILES string of the molecule is COc1cc(Br)c2c(c1)C(=O)C(C)O2. The average Bonchev–Trinajstić information content (AvgIpc) is 2.45. The summed E-state index contributed by atoms with van der Waals surface area (Å²) in [6.07, 6.45) is -0.395. The lowest BCUT2D eigenvalue weighted by atomic mass is 10.1. The Morgan fingerprint density at radius 2 is 2.21 bits per heavy atom. The van der Waals surface area contributed by atoms with Gasteiger partial charge in [-0.25, -0.2) is 0 Å². The fraction of sp³-hybridized carbons (Fsp3) is 0.300. The summed E-state index contributed by atoms with van der Waals surface area (Å²) in [6.45, 7) is 1.74. The molecule has 0 amide bonds. The minimum absolute atomic E-state index is 0.000370. The second-order valence-electron chi connectivity index (χ2n) is 3.11. The van der Waals surface area contributed by atoms with E-state index in [1.54, 1.807) is 26.2 Å². The first kappa shape index (κ1) is 9.52. The molecule has 3 nitrogen and oxygen atoms in total. The number of ketones is 1. The maximum absolute atomic E-state index is 11.6. The highest BCUT2D eigenvalue weighted by Gasteiger charge is 2.31. The van der Waals surface area contributed by atoms with E-state index >= 15 is 0 Å². The quantitative estimate of drug-likeness (QED) is 0.775. The summed E-state index contributed by atoms with van der Waals surface area (Å²) < 4.78 is 11.2. The standard InChI is InChI=1S/C10H9BrO3/c1-5-9(12)7-3-6(13-2)4-8(11)10(7)14-5/h3-5H,1-2H3. The zero-order valence-corrected chi connectivity index (χ0v) is 9.42. The molecule has 14 heavy (non-hydrogen) atoms. The van der Waals surface area contributed by atoms with E-state index in [-0.39, 0.29) is 5.78 Å². The second-order valence-corrected chi connectivity index (χ2v) is 3.96. The molecule has 1 unspecified atom stereocenters. The number of fused-ring (bicyclic) bond motifs is 1. The summed E-state index contributed by atoms with van der Waals surface area (Å²) in [5.41, 5.74) is 0.587. The number of hydrogen-bond donors (Lipinski definition) is 0. The zero-order chi connectivity index (χ0) is 10.3. The number of rotatable bonds is 1. The van der Waals surface area contributed by atoms with Crippen molar-refractivity contribution in [2.45, 2.75) is 13.0 Å². The van der Waals surface area contributed by atoms with Crippen LogP contribution in [0.15, 0.2) is 16.6 Å². The van der Waals surface area contributed by atoms with Gasteiger partial charge < -0.3 is 9.47 Å². The number of halogens is 1. The van der Waals surface area contributed by atoms with Gasteiger partial charge in [0.2, 0.25) is 5.78 Å². The summed E-state index contributed by atoms with van der Waals surface area (Å²) in [4.78, 5) is 11.6. The van der Waals surface area contributed by atoms with Crippen LogP contribution in [0.3, 0.4) is 0 Å². The Kier molecular flexibility index (Phi) is 2.23. The van der Waals surface area contributed by atoms with Crippen molar-refractivity contribution in [3.63, 3.8) is 0 Å². The Balaban J connectivity index is 2.58. The third-order valence-electron chi connectivity index (χ3n) is 2.18. The highest BCUT2D eigenvalue weighted by molar-refractivity contribution is 9.10. The highest BCUT2D eigenvalue weighted by Crippen LogP contribution is 2.39. The molecule has 0 saturated heterocycles. The lowest BCUT2D eigenvalue weighted by Gasteiger charge is -2.05. The largest absolute Gasteiger partial charge is 0.497 e. The van der Waals surface area contributed by atoms with Crippen LogP contribution < -0.4 is 9.47 Å². The molecule has 1 aromatic rings. The number of carbonyl (C=O) groups is 1.